The van der Waals surface area contributed by atoms with Crippen LogP contribution in [0.1, 0.15) is 81.8 Å². The van der Waals surface area contributed by atoms with Crippen LogP contribution in [0.2, 0.25) is 10.0 Å². The Hall–Kier alpha value is -2.96. The molecule has 0 amide bonds. The van der Waals surface area contributed by atoms with Crippen LogP contribution in [0.4, 0.5) is 0 Å². The smallest absolute Gasteiger partial charge is 0.337 e. The number of phenols is 1. The molecule has 2 aliphatic carbocycles. The van der Waals surface area contributed by atoms with Gasteiger partial charge in [0.05, 0.1) is 17.2 Å². The summed E-state index contributed by atoms with van der Waals surface area (Å²) in [5.74, 6) is -1.17. The molecule has 3 aliphatic rings. The minimum Gasteiger partial charge on any atom is -0.503 e. The van der Waals surface area contributed by atoms with Crippen LogP contribution in [-0.4, -0.2) is 29.6 Å². The number of dihydropyridines is 1. The van der Waals surface area contributed by atoms with Gasteiger partial charge in [-0.05, 0) is 87.3 Å². The van der Waals surface area contributed by atoms with Gasteiger partial charge in [-0.25, -0.2) is 4.79 Å². The highest BCUT2D eigenvalue weighted by atomic mass is 35.5. The van der Waals surface area contributed by atoms with E-state index in [2.05, 4.69) is 5.32 Å². The van der Waals surface area contributed by atoms with Crippen molar-refractivity contribution in [1.82, 2.24) is 5.32 Å². The van der Waals surface area contributed by atoms with Gasteiger partial charge in [0.2, 0.25) is 0 Å². The number of Topliss-reactive ketones (excluding diaryl/α,β-unsaturated/α-hetero) is 1. The van der Waals surface area contributed by atoms with Crippen molar-refractivity contribution in [2.45, 2.75) is 76.7 Å². The molecule has 2 aromatic carbocycles. The van der Waals surface area contributed by atoms with E-state index in [-0.39, 0.29) is 34.3 Å². The highest BCUT2D eigenvalue weighted by Crippen LogP contribution is 2.48. The summed E-state index contributed by atoms with van der Waals surface area (Å²) in [5.41, 5.74) is 3.99. The van der Waals surface area contributed by atoms with Crippen LogP contribution in [0.3, 0.4) is 0 Å². The molecule has 1 heterocycles. The zero-order valence-corrected chi connectivity index (χ0v) is 23.7. The molecule has 6 nitrogen and oxygen atoms in total. The maximum absolute atomic E-state index is 13.9. The fourth-order valence-corrected chi connectivity index (χ4v) is 6.38. The normalized spacial score (nSPS) is 21.9. The summed E-state index contributed by atoms with van der Waals surface area (Å²) in [5, 5.41) is 14.6. The van der Waals surface area contributed by atoms with E-state index in [1.54, 1.807) is 12.1 Å². The van der Waals surface area contributed by atoms with Crippen molar-refractivity contribution in [1.29, 1.82) is 0 Å². The third-order valence-electron chi connectivity index (χ3n) is 7.90. The third-order valence-corrected chi connectivity index (χ3v) is 8.44. The number of esters is 1. The second kappa shape index (κ2) is 11.6. The largest absolute Gasteiger partial charge is 0.503 e. The molecule has 2 N–H and O–H groups in total. The molecule has 1 saturated carbocycles. The van der Waals surface area contributed by atoms with E-state index in [9.17, 15) is 14.7 Å². The molecule has 1 aliphatic heterocycles. The lowest BCUT2D eigenvalue weighted by atomic mass is 9.71. The average molecular weight is 571 g/mol. The number of ether oxygens (including phenoxy) is 2. The number of aromatic hydroxyl groups is 1. The summed E-state index contributed by atoms with van der Waals surface area (Å²) in [6.07, 6.45) is 5.65. The van der Waals surface area contributed by atoms with Gasteiger partial charge in [-0.2, -0.15) is 0 Å². The lowest BCUT2D eigenvalue weighted by Gasteiger charge is -2.37. The zero-order valence-electron chi connectivity index (χ0n) is 22.2. The van der Waals surface area contributed by atoms with Crippen molar-refractivity contribution in [3.05, 3.63) is 80.1 Å². The van der Waals surface area contributed by atoms with E-state index in [4.69, 9.17) is 32.7 Å². The predicted molar refractivity (Wildman–Crippen MR) is 151 cm³/mol. The van der Waals surface area contributed by atoms with Crippen molar-refractivity contribution in [3.63, 3.8) is 0 Å². The number of nitrogens with one attached hydrogen (secondary N) is 1. The second-order valence-electron chi connectivity index (χ2n) is 10.5. The number of hydrogen-bond acceptors (Lipinski definition) is 6. The molecule has 2 unspecified atom stereocenters. The number of rotatable bonds is 6. The Balaban J connectivity index is 1.58. The summed E-state index contributed by atoms with van der Waals surface area (Å²) in [6.45, 7) is 3.97. The molecule has 1 fully saturated rings. The van der Waals surface area contributed by atoms with Gasteiger partial charge in [-0.15, -0.1) is 0 Å². The van der Waals surface area contributed by atoms with Crippen molar-refractivity contribution in [2.24, 2.45) is 0 Å². The standard InChI is InChI=1S/C31H33Cl2NO5/c1-3-38-26-16-20(13-23(33)30(26)36)28-27(31(37)39-22-7-5-4-6-8-22)17(2)34-24-14-19(15-25(35)29(24)28)18-9-11-21(32)12-10-18/h9-13,16,19,22,28,34,36H,3-8,14-15H2,1-2H3. The van der Waals surface area contributed by atoms with Crippen LogP contribution in [0, 0.1) is 0 Å². The number of benzene rings is 2. The lowest BCUT2D eigenvalue weighted by molar-refractivity contribution is -0.146. The van der Waals surface area contributed by atoms with Gasteiger partial charge in [0.1, 0.15) is 6.10 Å². The first-order valence-corrected chi connectivity index (χ1v) is 14.4. The molecule has 206 valence electrons. The molecule has 0 radical (unpaired) electrons. The first kappa shape index (κ1) is 27.6. The summed E-state index contributed by atoms with van der Waals surface area (Å²) in [4.78, 5) is 27.6. The molecular formula is C31H33Cl2NO5. The Kier molecular flexibility index (Phi) is 8.24. The number of halogens is 2. The van der Waals surface area contributed by atoms with Gasteiger partial charge in [-0.3, -0.25) is 4.79 Å². The lowest BCUT2D eigenvalue weighted by Crippen LogP contribution is -2.37. The van der Waals surface area contributed by atoms with Crippen molar-refractivity contribution >= 4 is 35.0 Å². The van der Waals surface area contributed by atoms with Crippen LogP contribution in [-0.2, 0) is 14.3 Å². The summed E-state index contributed by atoms with van der Waals surface area (Å²) >= 11 is 12.5. The van der Waals surface area contributed by atoms with Crippen molar-refractivity contribution in [2.75, 3.05) is 6.61 Å². The molecular weight excluding hydrogens is 537 g/mol. The number of phenolic OH excluding ortho intramolecular Hbond substituents is 1. The number of carbonyl (C=O) groups excluding carboxylic acids is 2. The third kappa shape index (κ3) is 5.68. The molecule has 2 atom stereocenters. The highest BCUT2D eigenvalue weighted by molar-refractivity contribution is 6.32. The monoisotopic (exact) mass is 569 g/mol. The quantitative estimate of drug-likeness (QED) is 0.354. The van der Waals surface area contributed by atoms with E-state index in [0.717, 1.165) is 43.4 Å². The van der Waals surface area contributed by atoms with Gasteiger partial charge < -0.3 is 19.9 Å². The van der Waals surface area contributed by atoms with E-state index >= 15 is 0 Å². The van der Waals surface area contributed by atoms with Gasteiger partial charge in [0.25, 0.3) is 0 Å². The maximum atomic E-state index is 13.9. The molecule has 5 rings (SSSR count). The number of carbonyl (C=O) groups is 2. The van der Waals surface area contributed by atoms with E-state index in [1.165, 1.54) is 0 Å². The Morgan fingerprint density at radius 3 is 2.46 bits per heavy atom. The molecule has 8 heteroatoms. The number of hydrogen-bond donors (Lipinski definition) is 2. The predicted octanol–water partition coefficient (Wildman–Crippen LogP) is 7.34. The molecule has 0 spiro atoms. The Morgan fingerprint density at radius 2 is 1.77 bits per heavy atom. The van der Waals surface area contributed by atoms with Crippen LogP contribution in [0.25, 0.3) is 0 Å². The summed E-state index contributed by atoms with van der Waals surface area (Å²) in [6, 6.07) is 10.9. The fourth-order valence-electron chi connectivity index (χ4n) is 6.04. The highest BCUT2D eigenvalue weighted by Gasteiger charge is 2.42. The minimum atomic E-state index is -0.701. The van der Waals surface area contributed by atoms with Gasteiger partial charge in [0, 0.05) is 34.3 Å². The topological polar surface area (TPSA) is 84.9 Å². The van der Waals surface area contributed by atoms with Gasteiger partial charge in [-0.1, -0.05) is 41.8 Å². The van der Waals surface area contributed by atoms with E-state index in [1.807, 2.05) is 38.1 Å². The van der Waals surface area contributed by atoms with Crippen LogP contribution >= 0.6 is 23.2 Å². The summed E-state index contributed by atoms with van der Waals surface area (Å²) < 4.78 is 11.7. The first-order chi connectivity index (χ1) is 18.8. The molecule has 0 saturated heterocycles. The fraction of sp³-hybridized carbons (Fsp3) is 0.419. The minimum absolute atomic E-state index is 0.0207. The molecule has 0 bridgehead atoms. The van der Waals surface area contributed by atoms with Crippen molar-refractivity contribution < 1.29 is 24.2 Å². The summed E-state index contributed by atoms with van der Waals surface area (Å²) in [7, 11) is 0. The molecule has 0 aromatic heterocycles. The number of ketones is 1. The second-order valence-corrected chi connectivity index (χ2v) is 11.4. The average Bonchev–Trinajstić information content (AvgIpc) is 2.91. The van der Waals surface area contributed by atoms with Crippen LogP contribution in [0.15, 0.2) is 58.9 Å². The number of allylic oxidation sites excluding steroid dienone is 3. The van der Waals surface area contributed by atoms with Crippen LogP contribution < -0.4 is 10.1 Å². The maximum Gasteiger partial charge on any atom is 0.337 e. The van der Waals surface area contributed by atoms with Crippen molar-refractivity contribution in [3.8, 4) is 11.5 Å². The molecule has 39 heavy (non-hydrogen) atoms. The SMILES string of the molecule is CCOc1cc(C2C(C(=O)OC3CCCCC3)=C(C)NC3=C2C(=O)CC(c2ccc(Cl)cc2)C3)cc(Cl)c1O. The Morgan fingerprint density at radius 1 is 1.05 bits per heavy atom. The Labute approximate surface area is 239 Å². The first-order valence-electron chi connectivity index (χ1n) is 13.6. The zero-order chi connectivity index (χ0) is 27.7. The van der Waals surface area contributed by atoms with E-state index in [0.29, 0.717) is 46.9 Å². The van der Waals surface area contributed by atoms with Crippen LogP contribution in [0.5, 0.6) is 11.5 Å². The van der Waals surface area contributed by atoms with E-state index < -0.39 is 11.9 Å². The van der Waals surface area contributed by atoms with Gasteiger partial charge >= 0.3 is 5.97 Å². The molecule has 2 aromatic rings. The Bertz CT molecular complexity index is 1340. The van der Waals surface area contributed by atoms with Gasteiger partial charge in [0.15, 0.2) is 17.3 Å².